The van der Waals surface area contributed by atoms with Crippen LogP contribution in [0.25, 0.3) is 0 Å². The predicted molar refractivity (Wildman–Crippen MR) is 88.4 cm³/mol. The van der Waals surface area contributed by atoms with Crippen LogP contribution in [0.4, 0.5) is 10.1 Å². The molecule has 1 unspecified atom stereocenters. The summed E-state index contributed by atoms with van der Waals surface area (Å²) in [6, 6.07) is 6.85. The Balaban J connectivity index is 1.61. The number of amides is 2. The van der Waals surface area contributed by atoms with Gasteiger partial charge in [0.2, 0.25) is 0 Å². The van der Waals surface area contributed by atoms with Gasteiger partial charge in [0.15, 0.2) is 0 Å². The summed E-state index contributed by atoms with van der Waals surface area (Å²) >= 11 is 5.63. The Hall–Kier alpha value is -2.38. The summed E-state index contributed by atoms with van der Waals surface area (Å²) in [5.74, 6) is -2.18. The zero-order valence-electron chi connectivity index (χ0n) is 13.1. The molecule has 2 aromatic rings. The van der Waals surface area contributed by atoms with Crippen LogP contribution in [0.5, 0.6) is 0 Å². The van der Waals surface area contributed by atoms with Crippen LogP contribution in [0.15, 0.2) is 41.0 Å². The van der Waals surface area contributed by atoms with Gasteiger partial charge in [0.05, 0.1) is 17.8 Å². The van der Waals surface area contributed by atoms with Gasteiger partial charge in [-0.15, -0.1) is 0 Å². The highest BCUT2D eigenvalue weighted by atomic mass is 35.5. The van der Waals surface area contributed by atoms with Crippen molar-refractivity contribution < 1.29 is 23.5 Å². The van der Waals surface area contributed by atoms with E-state index < -0.39 is 23.2 Å². The van der Waals surface area contributed by atoms with E-state index in [0.717, 1.165) is 18.9 Å². The number of nitrogens with one attached hydrogen (secondary N) is 2. The van der Waals surface area contributed by atoms with Crippen LogP contribution in [-0.2, 0) is 15.2 Å². The topological polar surface area (TPSA) is 91.6 Å². The molecule has 1 aliphatic rings. The van der Waals surface area contributed by atoms with Gasteiger partial charge in [-0.05, 0) is 49.1 Å². The average molecular weight is 367 g/mol. The second kappa shape index (κ2) is 6.85. The first-order chi connectivity index (χ1) is 11.9. The fourth-order valence-corrected chi connectivity index (χ4v) is 2.76. The number of halogens is 2. The number of aliphatic hydroxyl groups is 1. The summed E-state index contributed by atoms with van der Waals surface area (Å²) < 4.78 is 18.4. The van der Waals surface area contributed by atoms with Crippen molar-refractivity contribution in [2.75, 3.05) is 11.9 Å². The molecule has 1 heterocycles. The average Bonchev–Trinajstić information content (AvgIpc) is 3.30. The lowest BCUT2D eigenvalue weighted by molar-refractivity contribution is -0.137. The largest absolute Gasteiger partial charge is 0.466 e. The molecule has 1 aromatic heterocycles. The molecule has 0 saturated heterocycles. The summed E-state index contributed by atoms with van der Waals surface area (Å²) in [5, 5.41) is 15.4. The van der Waals surface area contributed by atoms with Crippen molar-refractivity contribution in [2.24, 2.45) is 5.92 Å². The molecule has 3 rings (SSSR count). The van der Waals surface area contributed by atoms with E-state index in [1.807, 2.05) is 0 Å². The summed E-state index contributed by atoms with van der Waals surface area (Å²) in [7, 11) is 0. The molecule has 132 valence electrons. The van der Waals surface area contributed by atoms with E-state index >= 15 is 0 Å². The highest BCUT2D eigenvalue weighted by Crippen LogP contribution is 2.45. The Morgan fingerprint density at radius 1 is 1.32 bits per heavy atom. The molecule has 1 aromatic carbocycles. The Bertz CT molecular complexity index is 792. The molecule has 0 radical (unpaired) electrons. The second-order valence-corrected chi connectivity index (χ2v) is 6.35. The van der Waals surface area contributed by atoms with Crippen LogP contribution in [0, 0.1) is 11.7 Å². The third-order valence-corrected chi connectivity index (χ3v) is 4.39. The zero-order valence-corrected chi connectivity index (χ0v) is 13.8. The maximum absolute atomic E-state index is 13.1. The van der Waals surface area contributed by atoms with Gasteiger partial charge in [-0.25, -0.2) is 4.39 Å². The zero-order chi connectivity index (χ0) is 18.0. The summed E-state index contributed by atoms with van der Waals surface area (Å²) in [6.07, 6.45) is 3.07. The normalized spacial score (nSPS) is 16.1. The summed E-state index contributed by atoms with van der Waals surface area (Å²) in [4.78, 5) is 23.9. The number of hydrogen-bond acceptors (Lipinski definition) is 4. The minimum atomic E-state index is -1.35. The van der Waals surface area contributed by atoms with Gasteiger partial charge in [0.25, 0.3) is 0 Å². The maximum atomic E-state index is 13.1. The highest BCUT2D eigenvalue weighted by Gasteiger charge is 2.47. The Morgan fingerprint density at radius 2 is 2.08 bits per heavy atom. The van der Waals surface area contributed by atoms with E-state index in [1.54, 1.807) is 12.1 Å². The standard InChI is InChI=1S/C17H16ClFN2O4/c18-12-8-11(5-6-13(12)19)21-16(23)15(22)20-9-17(24,10-3-4-10)14-2-1-7-25-14/h1-2,5-8,10,24H,3-4,9H2,(H,20,22)(H,21,23). The molecular weight excluding hydrogens is 351 g/mol. The third-order valence-electron chi connectivity index (χ3n) is 4.10. The van der Waals surface area contributed by atoms with Crippen LogP contribution in [0.3, 0.4) is 0 Å². The molecule has 1 saturated carbocycles. The van der Waals surface area contributed by atoms with Crippen LogP contribution in [0.2, 0.25) is 5.02 Å². The lowest BCUT2D eigenvalue weighted by atomic mass is 9.94. The van der Waals surface area contributed by atoms with Crippen molar-refractivity contribution in [3.63, 3.8) is 0 Å². The van der Waals surface area contributed by atoms with E-state index in [4.69, 9.17) is 16.0 Å². The van der Waals surface area contributed by atoms with Gasteiger partial charge in [-0.2, -0.15) is 0 Å². The lowest BCUT2D eigenvalue weighted by Gasteiger charge is -2.26. The van der Waals surface area contributed by atoms with E-state index in [0.29, 0.717) is 5.76 Å². The minimum Gasteiger partial charge on any atom is -0.466 e. The molecular formula is C17H16ClFN2O4. The van der Waals surface area contributed by atoms with Gasteiger partial charge in [-0.1, -0.05) is 11.6 Å². The van der Waals surface area contributed by atoms with Crippen molar-refractivity contribution in [1.29, 1.82) is 0 Å². The lowest BCUT2D eigenvalue weighted by Crippen LogP contribution is -2.45. The van der Waals surface area contributed by atoms with Gasteiger partial charge >= 0.3 is 11.8 Å². The molecule has 3 N–H and O–H groups in total. The fourth-order valence-electron chi connectivity index (χ4n) is 2.58. The van der Waals surface area contributed by atoms with Gasteiger partial charge in [-0.3, -0.25) is 9.59 Å². The smallest absolute Gasteiger partial charge is 0.313 e. The van der Waals surface area contributed by atoms with Crippen molar-refractivity contribution in [3.05, 3.63) is 53.2 Å². The number of carbonyl (C=O) groups is 2. The Kier molecular flexibility index (Phi) is 4.78. The Labute approximate surface area is 148 Å². The monoisotopic (exact) mass is 366 g/mol. The number of hydrogen-bond donors (Lipinski definition) is 3. The molecule has 1 fully saturated rings. The SMILES string of the molecule is O=C(NCC(O)(c1ccco1)C1CC1)C(=O)Nc1ccc(F)c(Cl)c1. The molecule has 0 bridgehead atoms. The van der Waals surface area contributed by atoms with E-state index in [-0.39, 0.29) is 23.2 Å². The minimum absolute atomic E-state index is 0.0297. The molecule has 0 spiro atoms. The number of rotatable bonds is 5. The van der Waals surface area contributed by atoms with E-state index in [1.165, 1.54) is 18.4 Å². The molecule has 0 aliphatic heterocycles. The molecule has 25 heavy (non-hydrogen) atoms. The van der Waals surface area contributed by atoms with Gasteiger partial charge in [0.1, 0.15) is 17.2 Å². The van der Waals surface area contributed by atoms with E-state index in [9.17, 15) is 19.1 Å². The van der Waals surface area contributed by atoms with Gasteiger partial charge in [0, 0.05) is 5.69 Å². The quantitative estimate of drug-likeness (QED) is 0.709. The first-order valence-corrected chi connectivity index (χ1v) is 8.08. The fraction of sp³-hybridized carbons (Fsp3) is 0.294. The molecule has 2 amide bonds. The second-order valence-electron chi connectivity index (χ2n) is 5.94. The first-order valence-electron chi connectivity index (χ1n) is 7.71. The van der Waals surface area contributed by atoms with Crippen molar-refractivity contribution in [1.82, 2.24) is 5.32 Å². The maximum Gasteiger partial charge on any atom is 0.313 e. The van der Waals surface area contributed by atoms with Crippen molar-refractivity contribution in [2.45, 2.75) is 18.4 Å². The summed E-state index contributed by atoms with van der Waals surface area (Å²) in [6.45, 7) is -0.151. The number of carbonyl (C=O) groups excluding carboxylic acids is 2. The van der Waals surface area contributed by atoms with Crippen LogP contribution in [0.1, 0.15) is 18.6 Å². The molecule has 6 nitrogen and oxygen atoms in total. The van der Waals surface area contributed by atoms with Crippen molar-refractivity contribution >= 4 is 29.1 Å². The van der Waals surface area contributed by atoms with E-state index in [2.05, 4.69) is 10.6 Å². The molecule has 1 aliphatic carbocycles. The predicted octanol–water partition coefficient (Wildman–Crippen LogP) is 2.42. The number of benzene rings is 1. The first kappa shape index (κ1) is 17.4. The number of anilines is 1. The molecule has 1 atom stereocenters. The number of furan rings is 1. The van der Waals surface area contributed by atoms with Crippen LogP contribution < -0.4 is 10.6 Å². The third kappa shape index (κ3) is 3.83. The summed E-state index contributed by atoms with van der Waals surface area (Å²) in [5.41, 5.74) is -1.16. The highest BCUT2D eigenvalue weighted by molar-refractivity contribution is 6.39. The Morgan fingerprint density at radius 3 is 2.68 bits per heavy atom. The van der Waals surface area contributed by atoms with Gasteiger partial charge < -0.3 is 20.2 Å². The van der Waals surface area contributed by atoms with Crippen LogP contribution in [-0.4, -0.2) is 23.5 Å². The molecule has 8 heteroatoms. The van der Waals surface area contributed by atoms with Crippen LogP contribution >= 0.6 is 11.6 Å². The van der Waals surface area contributed by atoms with Crippen molar-refractivity contribution in [3.8, 4) is 0 Å².